The summed E-state index contributed by atoms with van der Waals surface area (Å²) in [6, 6.07) is 3.97. The van der Waals surface area contributed by atoms with Gasteiger partial charge in [0.25, 0.3) is 0 Å². The van der Waals surface area contributed by atoms with E-state index in [1.54, 1.807) is 0 Å². The summed E-state index contributed by atoms with van der Waals surface area (Å²) in [7, 11) is 0. The summed E-state index contributed by atoms with van der Waals surface area (Å²) in [5, 5.41) is 14.0. The predicted octanol–water partition coefficient (Wildman–Crippen LogP) is 3.60. The molecule has 0 bridgehead atoms. The molecule has 0 aliphatic heterocycles. The van der Waals surface area contributed by atoms with Gasteiger partial charge in [0.1, 0.15) is 5.75 Å². The molecule has 1 N–H and O–H groups in total. The third kappa shape index (κ3) is 1.34. The third-order valence-electron chi connectivity index (χ3n) is 3.26. The minimum absolute atomic E-state index is 0.265. The average molecular weight is 217 g/mol. The van der Waals surface area contributed by atoms with E-state index in [9.17, 15) is 5.11 Å². The maximum absolute atomic E-state index is 10.2. The Morgan fingerprint density at radius 1 is 1.50 bits per heavy atom. The molecular formula is C12H15N3O. The first-order valence-electron chi connectivity index (χ1n) is 5.41. The van der Waals surface area contributed by atoms with Crippen LogP contribution in [0.1, 0.15) is 43.4 Å². The molecule has 4 heteroatoms. The van der Waals surface area contributed by atoms with Crippen molar-refractivity contribution in [1.82, 2.24) is 0 Å². The highest BCUT2D eigenvalue weighted by Crippen LogP contribution is 2.49. The number of phenolic OH excluding ortho intramolecular Hbond substituents is 1. The van der Waals surface area contributed by atoms with Crippen molar-refractivity contribution in [3.63, 3.8) is 0 Å². The van der Waals surface area contributed by atoms with Crippen LogP contribution in [0.4, 0.5) is 0 Å². The number of aromatic hydroxyl groups is 1. The SMILES string of the molecule is CC(C)c1ccc2c(c1O)C(C)(N=[N+]=[N-])C2. The Labute approximate surface area is 94.5 Å². The van der Waals surface area contributed by atoms with Gasteiger partial charge in [-0.05, 0) is 35.9 Å². The molecule has 0 aromatic heterocycles. The van der Waals surface area contributed by atoms with Crippen LogP contribution in [0.2, 0.25) is 0 Å². The average Bonchev–Trinajstić information content (AvgIpc) is 2.15. The number of nitrogens with zero attached hydrogens (tertiary/aromatic N) is 3. The fourth-order valence-electron chi connectivity index (χ4n) is 2.40. The molecular weight excluding hydrogens is 202 g/mol. The topological polar surface area (TPSA) is 69.0 Å². The van der Waals surface area contributed by atoms with E-state index in [0.717, 1.165) is 16.7 Å². The van der Waals surface area contributed by atoms with Crippen molar-refractivity contribution >= 4 is 0 Å². The third-order valence-corrected chi connectivity index (χ3v) is 3.26. The summed E-state index contributed by atoms with van der Waals surface area (Å²) in [5.74, 6) is 0.565. The van der Waals surface area contributed by atoms with Crippen molar-refractivity contribution in [3.8, 4) is 5.75 Å². The van der Waals surface area contributed by atoms with E-state index in [0.29, 0.717) is 12.2 Å². The first-order valence-corrected chi connectivity index (χ1v) is 5.41. The van der Waals surface area contributed by atoms with E-state index in [1.807, 2.05) is 32.9 Å². The highest BCUT2D eigenvalue weighted by atomic mass is 16.3. The summed E-state index contributed by atoms with van der Waals surface area (Å²) in [4.78, 5) is 2.86. The van der Waals surface area contributed by atoms with Crippen LogP contribution in [0.15, 0.2) is 17.2 Å². The lowest BCUT2D eigenvalue weighted by molar-refractivity contribution is 0.375. The monoisotopic (exact) mass is 217 g/mol. The number of rotatable bonds is 2. The van der Waals surface area contributed by atoms with Crippen LogP contribution in [0, 0.1) is 0 Å². The minimum atomic E-state index is -0.570. The van der Waals surface area contributed by atoms with Crippen molar-refractivity contribution in [3.05, 3.63) is 39.3 Å². The fraction of sp³-hybridized carbons (Fsp3) is 0.500. The van der Waals surface area contributed by atoms with Gasteiger partial charge in [-0.1, -0.05) is 31.1 Å². The molecule has 4 nitrogen and oxygen atoms in total. The molecule has 2 rings (SSSR count). The van der Waals surface area contributed by atoms with E-state index in [-0.39, 0.29) is 5.92 Å². The molecule has 0 spiro atoms. The largest absolute Gasteiger partial charge is 0.507 e. The summed E-state index contributed by atoms with van der Waals surface area (Å²) in [5.41, 5.74) is 10.8. The summed E-state index contributed by atoms with van der Waals surface area (Å²) < 4.78 is 0. The Bertz CT molecular complexity index is 489. The summed E-state index contributed by atoms with van der Waals surface area (Å²) in [6.07, 6.45) is 0.707. The minimum Gasteiger partial charge on any atom is -0.507 e. The molecule has 1 aliphatic carbocycles. The zero-order chi connectivity index (χ0) is 11.9. The van der Waals surface area contributed by atoms with E-state index >= 15 is 0 Å². The van der Waals surface area contributed by atoms with E-state index in [2.05, 4.69) is 10.0 Å². The van der Waals surface area contributed by atoms with Crippen LogP contribution in [-0.4, -0.2) is 5.11 Å². The molecule has 0 saturated carbocycles. The number of fused-ring (bicyclic) bond motifs is 1. The molecule has 1 aromatic rings. The first-order chi connectivity index (χ1) is 7.49. The Morgan fingerprint density at radius 2 is 2.19 bits per heavy atom. The van der Waals surface area contributed by atoms with Crippen LogP contribution in [0.25, 0.3) is 10.4 Å². The highest BCUT2D eigenvalue weighted by molar-refractivity contribution is 5.56. The lowest BCUT2D eigenvalue weighted by Crippen LogP contribution is -2.33. The molecule has 16 heavy (non-hydrogen) atoms. The van der Waals surface area contributed by atoms with Gasteiger partial charge in [-0.2, -0.15) is 0 Å². The molecule has 0 saturated heterocycles. The van der Waals surface area contributed by atoms with Crippen molar-refractivity contribution in [2.75, 3.05) is 0 Å². The lowest BCUT2D eigenvalue weighted by atomic mass is 9.70. The quantitative estimate of drug-likeness (QED) is 0.459. The van der Waals surface area contributed by atoms with Gasteiger partial charge < -0.3 is 5.11 Å². The zero-order valence-corrected chi connectivity index (χ0v) is 9.73. The second-order valence-electron chi connectivity index (χ2n) is 4.83. The Kier molecular flexibility index (Phi) is 2.32. The predicted molar refractivity (Wildman–Crippen MR) is 62.4 cm³/mol. The molecule has 0 fully saturated rings. The second kappa shape index (κ2) is 3.42. The number of hydrogen-bond acceptors (Lipinski definition) is 2. The molecule has 1 aliphatic rings. The number of phenols is 1. The van der Waals surface area contributed by atoms with Crippen molar-refractivity contribution < 1.29 is 5.11 Å². The zero-order valence-electron chi connectivity index (χ0n) is 9.73. The normalized spacial score (nSPS) is 22.2. The number of hydrogen-bond donors (Lipinski definition) is 1. The smallest absolute Gasteiger partial charge is 0.123 e. The van der Waals surface area contributed by atoms with Gasteiger partial charge in [-0.25, -0.2) is 0 Å². The van der Waals surface area contributed by atoms with Gasteiger partial charge in [-0.15, -0.1) is 0 Å². The van der Waals surface area contributed by atoms with Crippen LogP contribution in [0.5, 0.6) is 5.75 Å². The van der Waals surface area contributed by atoms with Gasteiger partial charge >= 0.3 is 0 Å². The van der Waals surface area contributed by atoms with E-state index in [4.69, 9.17) is 5.53 Å². The maximum Gasteiger partial charge on any atom is 0.123 e. The lowest BCUT2D eigenvalue weighted by Gasteiger charge is -2.38. The molecule has 84 valence electrons. The molecule has 1 atom stereocenters. The van der Waals surface area contributed by atoms with E-state index < -0.39 is 5.54 Å². The van der Waals surface area contributed by atoms with Crippen molar-refractivity contribution in [2.24, 2.45) is 5.11 Å². The Hall–Kier alpha value is -1.67. The Balaban J connectivity index is 2.58. The van der Waals surface area contributed by atoms with Crippen molar-refractivity contribution in [2.45, 2.75) is 38.6 Å². The van der Waals surface area contributed by atoms with Gasteiger partial charge in [0.05, 0.1) is 5.54 Å². The van der Waals surface area contributed by atoms with Crippen molar-refractivity contribution in [1.29, 1.82) is 0 Å². The highest BCUT2D eigenvalue weighted by Gasteiger charge is 2.41. The Morgan fingerprint density at radius 3 is 2.75 bits per heavy atom. The summed E-state index contributed by atoms with van der Waals surface area (Å²) in [6.45, 7) is 5.93. The summed E-state index contributed by atoms with van der Waals surface area (Å²) >= 11 is 0. The molecule has 0 heterocycles. The van der Waals surface area contributed by atoms with Crippen LogP contribution in [0.3, 0.4) is 0 Å². The maximum atomic E-state index is 10.2. The van der Waals surface area contributed by atoms with Gasteiger partial charge in [0, 0.05) is 10.5 Å². The van der Waals surface area contributed by atoms with Crippen LogP contribution < -0.4 is 0 Å². The number of azide groups is 1. The fourth-order valence-corrected chi connectivity index (χ4v) is 2.40. The standard InChI is InChI=1S/C12H15N3O/c1-7(2)9-5-4-8-6-12(3,14-15-13)10(8)11(9)16/h4-5,7,16H,6H2,1-3H3. The van der Waals surface area contributed by atoms with Crippen LogP contribution in [-0.2, 0) is 12.0 Å². The second-order valence-corrected chi connectivity index (χ2v) is 4.83. The molecule has 0 amide bonds. The van der Waals surface area contributed by atoms with Gasteiger partial charge in [-0.3, -0.25) is 0 Å². The van der Waals surface area contributed by atoms with Gasteiger partial charge in [0.2, 0.25) is 0 Å². The molecule has 0 radical (unpaired) electrons. The first kappa shape index (κ1) is 10.8. The van der Waals surface area contributed by atoms with Gasteiger partial charge in [0.15, 0.2) is 0 Å². The van der Waals surface area contributed by atoms with Crippen LogP contribution >= 0.6 is 0 Å². The molecule has 1 unspecified atom stereocenters. The number of benzene rings is 1. The molecule has 1 aromatic carbocycles. The van der Waals surface area contributed by atoms with E-state index in [1.165, 1.54) is 0 Å².